The van der Waals surface area contributed by atoms with Gasteiger partial charge in [-0.2, -0.15) is 5.10 Å². The van der Waals surface area contributed by atoms with E-state index in [1.54, 1.807) is 0 Å². The maximum absolute atomic E-state index is 12.4. The zero-order valence-corrected chi connectivity index (χ0v) is 15.2. The summed E-state index contributed by atoms with van der Waals surface area (Å²) < 4.78 is 1.88. The van der Waals surface area contributed by atoms with Crippen LogP contribution in [0.5, 0.6) is 0 Å². The number of benzene rings is 1. The molecule has 2 aromatic rings. The van der Waals surface area contributed by atoms with Crippen LogP contribution in [0.2, 0.25) is 0 Å². The molecule has 0 bridgehead atoms. The van der Waals surface area contributed by atoms with E-state index in [0.717, 1.165) is 48.9 Å². The molecule has 0 spiro atoms. The monoisotopic (exact) mass is 341 g/mol. The van der Waals surface area contributed by atoms with Gasteiger partial charge in [-0.1, -0.05) is 18.2 Å². The molecule has 6 nitrogen and oxygen atoms in total. The molecule has 1 fully saturated rings. The molecule has 1 aliphatic rings. The topological polar surface area (TPSA) is 62.2 Å². The second kappa shape index (κ2) is 7.80. The summed E-state index contributed by atoms with van der Waals surface area (Å²) in [6, 6.07) is 10.4. The number of para-hydroxylation sites is 1. The number of hydrogen-bond acceptors (Lipinski definition) is 4. The van der Waals surface area contributed by atoms with Crippen LogP contribution >= 0.6 is 0 Å². The van der Waals surface area contributed by atoms with Gasteiger partial charge < -0.3 is 10.6 Å². The zero-order chi connectivity index (χ0) is 17.8. The van der Waals surface area contributed by atoms with E-state index in [0.29, 0.717) is 12.5 Å². The summed E-state index contributed by atoms with van der Waals surface area (Å²) in [4.78, 5) is 14.8. The molecule has 1 aliphatic heterocycles. The number of aryl methyl sites for hydroxylation is 1. The fourth-order valence-corrected chi connectivity index (χ4v) is 3.31. The van der Waals surface area contributed by atoms with Crippen molar-refractivity contribution in [2.75, 3.05) is 31.5 Å². The van der Waals surface area contributed by atoms with Gasteiger partial charge in [-0.15, -0.1) is 0 Å². The smallest absolute Gasteiger partial charge is 0.225 e. The number of aromatic nitrogens is 2. The fraction of sp³-hybridized carbons (Fsp3) is 0.474. The van der Waals surface area contributed by atoms with E-state index >= 15 is 0 Å². The highest BCUT2D eigenvalue weighted by atomic mass is 16.1. The predicted octanol–water partition coefficient (Wildman–Crippen LogP) is 2.11. The Morgan fingerprint density at radius 3 is 2.80 bits per heavy atom. The first-order chi connectivity index (χ1) is 12.1. The molecule has 2 N–H and O–H groups in total. The second-order valence-corrected chi connectivity index (χ2v) is 6.68. The molecule has 3 rings (SSSR count). The van der Waals surface area contributed by atoms with Gasteiger partial charge >= 0.3 is 0 Å². The highest BCUT2D eigenvalue weighted by Crippen LogP contribution is 2.22. The molecular weight excluding hydrogens is 314 g/mol. The molecule has 1 aromatic heterocycles. The van der Waals surface area contributed by atoms with Crippen molar-refractivity contribution in [2.45, 2.75) is 33.2 Å². The van der Waals surface area contributed by atoms with Crippen molar-refractivity contribution in [3.63, 3.8) is 0 Å². The first-order valence-electron chi connectivity index (χ1n) is 8.92. The Morgan fingerprint density at radius 1 is 1.32 bits per heavy atom. The number of amides is 1. The number of hydrogen-bond donors (Lipinski definition) is 2. The minimum absolute atomic E-state index is 0.0459. The maximum atomic E-state index is 12.4. The third kappa shape index (κ3) is 4.08. The van der Waals surface area contributed by atoms with Gasteiger partial charge in [-0.3, -0.25) is 9.69 Å². The molecule has 1 atom stereocenters. The molecule has 134 valence electrons. The van der Waals surface area contributed by atoms with Crippen LogP contribution in [0.25, 0.3) is 5.69 Å². The van der Waals surface area contributed by atoms with Crippen molar-refractivity contribution in [3.8, 4) is 5.69 Å². The number of carbonyl (C=O) groups excluding carboxylic acids is 1. The van der Waals surface area contributed by atoms with Gasteiger partial charge in [0.25, 0.3) is 0 Å². The predicted molar refractivity (Wildman–Crippen MR) is 100 cm³/mol. The second-order valence-electron chi connectivity index (χ2n) is 6.68. The zero-order valence-electron chi connectivity index (χ0n) is 15.2. The molecule has 0 radical (unpaired) electrons. The summed E-state index contributed by atoms with van der Waals surface area (Å²) in [6.45, 7) is 9.89. The SMILES string of the molecule is Cc1nn(-c2ccccc2)c(C)c1NC(=O)CCN1CCNC[C@@H]1C. The molecule has 0 saturated carbocycles. The van der Waals surface area contributed by atoms with Crippen LogP contribution in [0.4, 0.5) is 5.69 Å². The lowest BCUT2D eigenvalue weighted by molar-refractivity contribution is -0.116. The van der Waals surface area contributed by atoms with E-state index in [-0.39, 0.29) is 5.91 Å². The fourth-order valence-electron chi connectivity index (χ4n) is 3.31. The van der Waals surface area contributed by atoms with Crippen LogP contribution in [0, 0.1) is 13.8 Å². The summed E-state index contributed by atoms with van der Waals surface area (Å²) in [5, 5.41) is 11.0. The highest BCUT2D eigenvalue weighted by molar-refractivity contribution is 5.92. The summed E-state index contributed by atoms with van der Waals surface area (Å²) in [5.41, 5.74) is 3.61. The molecule has 25 heavy (non-hydrogen) atoms. The van der Waals surface area contributed by atoms with Crippen molar-refractivity contribution in [1.82, 2.24) is 20.0 Å². The van der Waals surface area contributed by atoms with Crippen molar-refractivity contribution >= 4 is 11.6 Å². The Balaban J connectivity index is 1.64. The lowest BCUT2D eigenvalue weighted by atomic mass is 10.2. The first kappa shape index (κ1) is 17.6. The summed E-state index contributed by atoms with van der Waals surface area (Å²) in [7, 11) is 0. The Bertz CT molecular complexity index is 725. The van der Waals surface area contributed by atoms with Crippen LogP contribution < -0.4 is 10.6 Å². The van der Waals surface area contributed by atoms with Crippen LogP contribution in [0.3, 0.4) is 0 Å². The number of anilines is 1. The van der Waals surface area contributed by atoms with E-state index < -0.39 is 0 Å². The average Bonchev–Trinajstić information content (AvgIpc) is 2.90. The molecular formula is C19H27N5O. The van der Waals surface area contributed by atoms with Gasteiger partial charge in [-0.25, -0.2) is 4.68 Å². The van der Waals surface area contributed by atoms with Gasteiger partial charge in [0.05, 0.1) is 22.8 Å². The highest BCUT2D eigenvalue weighted by Gasteiger charge is 2.19. The Morgan fingerprint density at radius 2 is 2.08 bits per heavy atom. The summed E-state index contributed by atoms with van der Waals surface area (Å²) in [5.74, 6) is 0.0459. The summed E-state index contributed by atoms with van der Waals surface area (Å²) >= 11 is 0. The lowest BCUT2D eigenvalue weighted by Gasteiger charge is -2.33. The lowest BCUT2D eigenvalue weighted by Crippen LogP contribution is -2.50. The quantitative estimate of drug-likeness (QED) is 0.874. The standard InChI is InChI=1S/C19H27N5O/c1-14-13-20-10-12-23(14)11-9-18(25)21-19-15(2)22-24(16(19)3)17-7-5-4-6-8-17/h4-8,14,20H,9-13H2,1-3H3,(H,21,25)/t14-/m0/s1. The Kier molecular flexibility index (Phi) is 5.50. The van der Waals surface area contributed by atoms with Crippen molar-refractivity contribution in [1.29, 1.82) is 0 Å². The normalized spacial score (nSPS) is 18.3. The molecule has 1 aromatic carbocycles. The van der Waals surface area contributed by atoms with Gasteiger partial charge in [0, 0.05) is 38.6 Å². The first-order valence-corrected chi connectivity index (χ1v) is 8.92. The van der Waals surface area contributed by atoms with Gasteiger partial charge in [0.15, 0.2) is 0 Å². The number of piperazine rings is 1. The molecule has 0 unspecified atom stereocenters. The largest absolute Gasteiger partial charge is 0.323 e. The van der Waals surface area contributed by atoms with Gasteiger partial charge in [0.2, 0.25) is 5.91 Å². The van der Waals surface area contributed by atoms with Gasteiger partial charge in [-0.05, 0) is 32.9 Å². The molecule has 1 saturated heterocycles. The van der Waals surface area contributed by atoms with Gasteiger partial charge in [0.1, 0.15) is 0 Å². The van der Waals surface area contributed by atoms with E-state index in [1.165, 1.54) is 0 Å². The number of nitrogens with zero attached hydrogens (tertiary/aromatic N) is 3. The van der Waals surface area contributed by atoms with Crippen LogP contribution in [-0.2, 0) is 4.79 Å². The number of rotatable bonds is 5. The van der Waals surface area contributed by atoms with E-state index in [2.05, 4.69) is 27.6 Å². The minimum atomic E-state index is 0.0459. The van der Waals surface area contributed by atoms with Crippen molar-refractivity contribution in [3.05, 3.63) is 41.7 Å². The van der Waals surface area contributed by atoms with Crippen molar-refractivity contribution < 1.29 is 4.79 Å². The van der Waals surface area contributed by atoms with Crippen LogP contribution in [0.15, 0.2) is 30.3 Å². The molecule has 1 amide bonds. The number of carbonyl (C=O) groups is 1. The molecule has 6 heteroatoms. The van der Waals surface area contributed by atoms with E-state index in [1.807, 2.05) is 48.9 Å². The van der Waals surface area contributed by atoms with Crippen molar-refractivity contribution in [2.24, 2.45) is 0 Å². The number of nitrogens with one attached hydrogen (secondary N) is 2. The maximum Gasteiger partial charge on any atom is 0.225 e. The van der Waals surface area contributed by atoms with Crippen LogP contribution in [0.1, 0.15) is 24.7 Å². The molecule has 0 aliphatic carbocycles. The third-order valence-electron chi connectivity index (χ3n) is 4.82. The Hall–Kier alpha value is -2.18. The average molecular weight is 341 g/mol. The minimum Gasteiger partial charge on any atom is -0.323 e. The third-order valence-corrected chi connectivity index (χ3v) is 4.82. The molecule has 2 heterocycles. The van der Waals surface area contributed by atoms with E-state index in [4.69, 9.17) is 0 Å². The van der Waals surface area contributed by atoms with E-state index in [9.17, 15) is 4.79 Å². The van der Waals surface area contributed by atoms with Crippen LogP contribution in [-0.4, -0.2) is 52.8 Å². The summed E-state index contributed by atoms with van der Waals surface area (Å²) in [6.07, 6.45) is 0.500. The Labute approximate surface area is 149 Å².